The summed E-state index contributed by atoms with van der Waals surface area (Å²) in [6, 6.07) is 17.1. The lowest BCUT2D eigenvalue weighted by Crippen LogP contribution is -2.37. The van der Waals surface area contributed by atoms with E-state index in [2.05, 4.69) is 0 Å². The fourth-order valence-electron chi connectivity index (χ4n) is 6.06. The summed E-state index contributed by atoms with van der Waals surface area (Å²) >= 11 is 0. The van der Waals surface area contributed by atoms with E-state index in [1.165, 1.54) is 18.2 Å². The number of aryl methyl sites for hydroxylation is 2. The zero-order valence-corrected chi connectivity index (χ0v) is 21.7. The molecular weight excluding hydrogens is 450 g/mol. The largest absolute Gasteiger partial charge is 0.454 e. The Kier molecular flexibility index (Phi) is 3.13. The van der Waals surface area contributed by atoms with Gasteiger partial charge in [0.05, 0.1) is 5.56 Å². The summed E-state index contributed by atoms with van der Waals surface area (Å²) in [6.07, 6.45) is 1.88. The van der Waals surface area contributed by atoms with Gasteiger partial charge in [0.1, 0.15) is 18.2 Å². The maximum absolute atomic E-state index is 9.61. The molecule has 3 aromatic carbocycles. The molecule has 2 nitrogen and oxygen atoms in total. The number of benzene rings is 3. The van der Waals surface area contributed by atoms with Crippen LogP contribution in [0.25, 0.3) is 44.3 Å². The van der Waals surface area contributed by atoms with E-state index in [-0.39, 0.29) is 22.3 Å². The van der Waals surface area contributed by atoms with Crippen molar-refractivity contribution in [1.82, 2.24) is 0 Å². The van der Waals surface area contributed by atoms with Gasteiger partial charge in [0, 0.05) is 50.3 Å². The Balaban J connectivity index is 1.83. The Morgan fingerprint density at radius 2 is 1.54 bits per heavy atom. The van der Waals surface area contributed by atoms with E-state index in [0.29, 0.717) is 21.9 Å². The standard InChI is InChI=1S/C35H38NO/c1-20(2)24-17-18-36(8)30(19-24)31-23(7)13-14-25-26-15-16-29-32(34(26)37-33(25)31)27-11-9-10-12-28(27)35(29,21(3)4)22(5)6/h9-22H,1-8H3/q+1/i3D3,4D3,5D3,20D,21D,22D. The number of nitrogens with zero attached hydrogens (tertiary/aromatic N) is 1. The van der Waals surface area contributed by atoms with Crippen LogP contribution in [0.4, 0.5) is 0 Å². The van der Waals surface area contributed by atoms with E-state index in [4.69, 9.17) is 18.1 Å². The van der Waals surface area contributed by atoms with Crippen LogP contribution in [-0.2, 0) is 12.5 Å². The smallest absolute Gasteiger partial charge is 0.216 e. The summed E-state index contributed by atoms with van der Waals surface area (Å²) in [7, 11) is 1.89. The summed E-state index contributed by atoms with van der Waals surface area (Å²) in [5, 5.41) is 1.32. The molecule has 0 N–H and O–H groups in total. The van der Waals surface area contributed by atoms with E-state index in [9.17, 15) is 2.74 Å². The minimum absolute atomic E-state index is 0.0398. The van der Waals surface area contributed by atoms with Gasteiger partial charge in [-0.1, -0.05) is 89.9 Å². The van der Waals surface area contributed by atoms with Crippen molar-refractivity contribution >= 4 is 21.9 Å². The second-order valence-corrected chi connectivity index (χ2v) is 10.3. The minimum atomic E-state index is -3.57. The van der Waals surface area contributed by atoms with Crippen molar-refractivity contribution in [2.75, 3.05) is 0 Å². The van der Waals surface area contributed by atoms with Crippen LogP contribution in [0.1, 0.15) is 85.9 Å². The Morgan fingerprint density at radius 1 is 0.838 bits per heavy atom. The molecule has 6 rings (SSSR count). The van der Waals surface area contributed by atoms with Crippen LogP contribution in [0, 0.1) is 18.7 Å². The van der Waals surface area contributed by atoms with Crippen LogP contribution in [0.5, 0.6) is 0 Å². The molecule has 2 unspecified atom stereocenters. The van der Waals surface area contributed by atoms with E-state index >= 15 is 0 Å². The molecule has 2 heteroatoms. The number of pyridine rings is 1. The van der Waals surface area contributed by atoms with Crippen LogP contribution in [0.15, 0.2) is 71.3 Å². The molecule has 0 radical (unpaired) electrons. The minimum Gasteiger partial charge on any atom is -0.454 e. The summed E-state index contributed by atoms with van der Waals surface area (Å²) in [5.74, 6) is -7.20. The molecule has 2 aromatic heterocycles. The first-order chi connectivity index (χ1) is 22.3. The van der Waals surface area contributed by atoms with Gasteiger partial charge in [-0.2, -0.15) is 0 Å². The third-order valence-electron chi connectivity index (χ3n) is 7.94. The molecule has 0 spiro atoms. The van der Waals surface area contributed by atoms with Crippen LogP contribution in [0.2, 0.25) is 0 Å². The third kappa shape index (κ3) is 3.14. The molecule has 0 saturated heterocycles. The van der Waals surface area contributed by atoms with Gasteiger partial charge < -0.3 is 4.42 Å². The summed E-state index contributed by atoms with van der Waals surface area (Å²) in [6.45, 7) is -3.82. The molecule has 0 aliphatic heterocycles. The van der Waals surface area contributed by atoms with E-state index in [0.717, 1.165) is 29.3 Å². The molecule has 0 amide bonds. The average Bonchev–Trinajstić information content (AvgIpc) is 3.49. The van der Waals surface area contributed by atoms with Gasteiger partial charge in [0.15, 0.2) is 6.20 Å². The van der Waals surface area contributed by atoms with Gasteiger partial charge >= 0.3 is 0 Å². The van der Waals surface area contributed by atoms with E-state index in [1.54, 1.807) is 32.0 Å². The molecule has 2 atom stereocenters. The van der Waals surface area contributed by atoms with Crippen molar-refractivity contribution in [1.29, 1.82) is 0 Å². The molecular formula is C35H38NO+. The van der Waals surface area contributed by atoms with Crippen molar-refractivity contribution < 1.29 is 25.4 Å². The normalized spacial score (nSPS) is 24.9. The first kappa shape index (κ1) is 14.0. The lowest BCUT2D eigenvalue weighted by Gasteiger charge is -2.40. The Labute approximate surface area is 237 Å². The highest BCUT2D eigenvalue weighted by molar-refractivity contribution is 6.14. The SMILES string of the molecule is [2H]C(C)(C)c1cc[n+](C)c(-c2c(C)ccc3c2oc2c4c(ccc23)C(C([2H])(C)C([2H])([2H])[2H])(C([2H])(C([2H])([2H])[2H])C([2H])([2H])[2H])c2ccccc2-4)c1. The number of hydrogen-bond donors (Lipinski definition) is 0. The molecule has 1 aliphatic carbocycles. The summed E-state index contributed by atoms with van der Waals surface area (Å²) in [4.78, 5) is 0. The van der Waals surface area contributed by atoms with Gasteiger partial charge in [0.2, 0.25) is 5.69 Å². The summed E-state index contributed by atoms with van der Waals surface area (Å²) in [5.41, 5.74) is 1.68. The maximum atomic E-state index is 9.61. The van der Waals surface area contributed by atoms with Crippen molar-refractivity contribution in [3.63, 3.8) is 0 Å². The van der Waals surface area contributed by atoms with Gasteiger partial charge in [-0.25, -0.2) is 4.57 Å². The van der Waals surface area contributed by atoms with Crippen molar-refractivity contribution in [3.8, 4) is 22.4 Å². The first-order valence-corrected chi connectivity index (χ1v) is 12.4. The zero-order valence-electron chi connectivity index (χ0n) is 33.7. The lowest BCUT2D eigenvalue weighted by molar-refractivity contribution is -0.660. The highest BCUT2D eigenvalue weighted by Gasteiger charge is 2.48. The van der Waals surface area contributed by atoms with Crippen LogP contribution < -0.4 is 4.57 Å². The molecule has 0 bridgehead atoms. The predicted molar refractivity (Wildman–Crippen MR) is 155 cm³/mol. The lowest BCUT2D eigenvalue weighted by atomic mass is 9.63. The maximum Gasteiger partial charge on any atom is 0.216 e. The monoisotopic (exact) mass is 500 g/mol. The van der Waals surface area contributed by atoms with Crippen LogP contribution in [0.3, 0.4) is 0 Å². The molecule has 188 valence electrons. The highest BCUT2D eigenvalue weighted by Crippen LogP contribution is 2.58. The van der Waals surface area contributed by atoms with Gasteiger partial charge in [0.25, 0.3) is 0 Å². The Morgan fingerprint density at radius 3 is 2.27 bits per heavy atom. The molecule has 37 heavy (non-hydrogen) atoms. The molecule has 0 fully saturated rings. The topological polar surface area (TPSA) is 17.0 Å². The van der Waals surface area contributed by atoms with Gasteiger partial charge in [-0.15, -0.1) is 0 Å². The average molecular weight is 501 g/mol. The third-order valence-corrected chi connectivity index (χ3v) is 7.94. The van der Waals surface area contributed by atoms with Crippen molar-refractivity contribution in [3.05, 3.63) is 89.1 Å². The molecule has 1 aliphatic rings. The quantitative estimate of drug-likeness (QED) is 0.225. The van der Waals surface area contributed by atoms with Gasteiger partial charge in [-0.3, -0.25) is 0 Å². The second kappa shape index (κ2) is 8.31. The van der Waals surface area contributed by atoms with Gasteiger partial charge in [-0.05, 0) is 52.4 Å². The second-order valence-electron chi connectivity index (χ2n) is 10.3. The molecule has 5 aromatic rings. The Bertz CT molecular complexity index is 2130. The number of aromatic nitrogens is 1. The Hall–Kier alpha value is -3.39. The molecule has 0 saturated carbocycles. The number of hydrogen-bond acceptors (Lipinski definition) is 1. The zero-order chi connectivity index (χ0) is 36.5. The highest BCUT2D eigenvalue weighted by atomic mass is 16.3. The van der Waals surface area contributed by atoms with E-state index in [1.807, 2.05) is 49.0 Å². The predicted octanol–water partition coefficient (Wildman–Crippen LogP) is 9.09. The molecule has 2 heterocycles. The van der Waals surface area contributed by atoms with Crippen molar-refractivity contribution in [2.24, 2.45) is 18.8 Å². The fraction of sp³-hybridized carbons (Fsp3) is 0.343. The fourth-order valence-corrected chi connectivity index (χ4v) is 6.06. The van der Waals surface area contributed by atoms with Crippen molar-refractivity contribution in [2.45, 2.75) is 59.6 Å². The van der Waals surface area contributed by atoms with Crippen LogP contribution in [-0.4, -0.2) is 0 Å². The first-order valence-electron chi connectivity index (χ1n) is 18.4. The number of rotatable bonds is 4. The summed E-state index contributed by atoms with van der Waals surface area (Å²) < 4.78 is 113. The van der Waals surface area contributed by atoms with E-state index < -0.39 is 43.7 Å². The van der Waals surface area contributed by atoms with Crippen LogP contribution >= 0.6 is 0 Å². The number of furan rings is 1. The number of fused-ring (bicyclic) bond motifs is 7.